The maximum atomic E-state index is 11.1. The highest BCUT2D eigenvalue weighted by Crippen LogP contribution is 2.08. The van der Waals surface area contributed by atoms with Gasteiger partial charge in [-0.05, 0) is 13.3 Å². The molecular weight excluding hydrogens is 274 g/mol. The Morgan fingerprint density at radius 1 is 1.38 bits per heavy atom. The summed E-state index contributed by atoms with van der Waals surface area (Å²) < 4.78 is 14.3. The molecule has 1 aliphatic heterocycles. The van der Waals surface area contributed by atoms with Crippen molar-refractivity contribution in [1.82, 2.24) is 4.90 Å². The van der Waals surface area contributed by atoms with Gasteiger partial charge in [0.25, 0.3) is 0 Å². The molecule has 1 heterocycles. The molecular formula is C15H25NO5. The molecule has 1 rings (SSSR count). The maximum Gasteiger partial charge on any atom is 0.335 e. The quantitative estimate of drug-likeness (QED) is 0.403. The molecule has 0 radical (unpaired) electrons. The minimum absolute atomic E-state index is 0.147. The Balaban J connectivity index is 0.000000394. The average molecular weight is 299 g/mol. The van der Waals surface area contributed by atoms with Crippen LogP contribution < -0.4 is 0 Å². The zero-order chi connectivity index (χ0) is 16.3. The van der Waals surface area contributed by atoms with Gasteiger partial charge in [0.2, 0.25) is 0 Å². The fourth-order valence-electron chi connectivity index (χ4n) is 1.15. The smallest absolute Gasteiger partial charge is 0.335 e. The van der Waals surface area contributed by atoms with Crippen LogP contribution in [-0.4, -0.2) is 56.9 Å². The largest absolute Gasteiger partial charge is 0.462 e. The number of rotatable bonds is 7. The van der Waals surface area contributed by atoms with Crippen molar-refractivity contribution in [2.75, 3.05) is 33.9 Å². The summed E-state index contributed by atoms with van der Waals surface area (Å²) in [7, 11) is 3.74. The van der Waals surface area contributed by atoms with Crippen LogP contribution in [0.2, 0.25) is 0 Å². The first-order valence-electron chi connectivity index (χ1n) is 6.83. The summed E-state index contributed by atoms with van der Waals surface area (Å²) in [5, 5.41) is 0. The highest BCUT2D eigenvalue weighted by atomic mass is 16.6. The predicted molar refractivity (Wildman–Crippen MR) is 79.6 cm³/mol. The molecule has 1 unspecified atom stereocenters. The van der Waals surface area contributed by atoms with Crippen molar-refractivity contribution < 1.29 is 23.8 Å². The van der Waals surface area contributed by atoms with Gasteiger partial charge in [0.1, 0.15) is 12.7 Å². The molecule has 0 N–H and O–H groups in total. The lowest BCUT2D eigenvalue weighted by atomic mass is 10.3. The average Bonchev–Trinajstić information content (AvgIpc) is 3.26. The minimum Gasteiger partial charge on any atom is -0.462 e. The van der Waals surface area contributed by atoms with Crippen LogP contribution in [0, 0.1) is 0 Å². The lowest BCUT2D eigenvalue weighted by Crippen LogP contribution is -2.10. The summed E-state index contributed by atoms with van der Waals surface area (Å²) in [4.78, 5) is 23.3. The molecule has 1 aliphatic rings. The van der Waals surface area contributed by atoms with Gasteiger partial charge in [-0.3, -0.25) is 0 Å². The normalized spacial score (nSPS) is 16.2. The fourth-order valence-corrected chi connectivity index (χ4v) is 1.15. The highest BCUT2D eigenvalue weighted by molar-refractivity contribution is 5.87. The summed E-state index contributed by atoms with van der Waals surface area (Å²) in [6, 6.07) is 0. The van der Waals surface area contributed by atoms with Crippen molar-refractivity contribution in [3.63, 3.8) is 0 Å². The Hall–Kier alpha value is -1.82. The van der Waals surface area contributed by atoms with Crippen LogP contribution in [0.5, 0.6) is 0 Å². The van der Waals surface area contributed by atoms with Crippen LogP contribution >= 0.6 is 0 Å². The Bertz CT molecular complexity index is 372. The lowest BCUT2D eigenvalue weighted by Gasteiger charge is -2.07. The molecule has 0 aromatic carbocycles. The molecule has 0 spiro atoms. The number of esters is 2. The molecule has 6 heteroatoms. The molecule has 0 bridgehead atoms. The fraction of sp³-hybridized carbons (Fsp3) is 0.600. The summed E-state index contributed by atoms with van der Waals surface area (Å²) in [6.45, 7) is 8.54. The van der Waals surface area contributed by atoms with Crippen LogP contribution in [-0.2, 0) is 23.8 Å². The first-order chi connectivity index (χ1) is 9.90. The number of hydrogen-bond acceptors (Lipinski definition) is 6. The predicted octanol–water partition coefficient (Wildman–Crippen LogP) is 1.52. The van der Waals surface area contributed by atoms with E-state index in [9.17, 15) is 9.59 Å². The molecule has 0 saturated carbocycles. The second kappa shape index (κ2) is 10.9. The Morgan fingerprint density at radius 2 is 2.00 bits per heavy atom. The van der Waals surface area contributed by atoms with Crippen LogP contribution in [0.1, 0.15) is 20.3 Å². The van der Waals surface area contributed by atoms with Crippen LogP contribution in [0.25, 0.3) is 0 Å². The molecule has 0 amide bonds. The Morgan fingerprint density at radius 3 is 2.43 bits per heavy atom. The topological polar surface area (TPSA) is 68.4 Å². The van der Waals surface area contributed by atoms with Crippen molar-refractivity contribution in [1.29, 1.82) is 0 Å². The second-order valence-electron chi connectivity index (χ2n) is 4.70. The Kier molecular flexibility index (Phi) is 9.96. The van der Waals surface area contributed by atoms with Crippen molar-refractivity contribution in [3.8, 4) is 0 Å². The third kappa shape index (κ3) is 11.7. The number of nitrogens with zero attached hydrogens (tertiary/aromatic N) is 1. The van der Waals surface area contributed by atoms with Gasteiger partial charge in [-0.2, -0.15) is 0 Å². The van der Waals surface area contributed by atoms with E-state index in [0.717, 1.165) is 12.5 Å². The van der Waals surface area contributed by atoms with E-state index in [1.165, 1.54) is 0 Å². The van der Waals surface area contributed by atoms with Crippen molar-refractivity contribution >= 4 is 11.9 Å². The van der Waals surface area contributed by atoms with E-state index in [4.69, 9.17) is 9.47 Å². The molecule has 1 atom stereocenters. The number of ether oxygens (including phenoxy) is 3. The van der Waals surface area contributed by atoms with Crippen molar-refractivity contribution in [2.45, 2.75) is 26.4 Å². The summed E-state index contributed by atoms with van der Waals surface area (Å²) in [6.07, 6.45) is 3.90. The van der Waals surface area contributed by atoms with Gasteiger partial charge < -0.3 is 19.1 Å². The van der Waals surface area contributed by atoms with Gasteiger partial charge in [0.15, 0.2) is 0 Å². The van der Waals surface area contributed by atoms with E-state index >= 15 is 0 Å². The van der Waals surface area contributed by atoms with Gasteiger partial charge in [-0.25, -0.2) is 9.59 Å². The van der Waals surface area contributed by atoms with Crippen LogP contribution in [0.4, 0.5) is 0 Å². The molecule has 0 aromatic heterocycles. The first kappa shape index (κ1) is 19.2. The van der Waals surface area contributed by atoms with Gasteiger partial charge in [0.05, 0.1) is 13.2 Å². The number of carbonyl (C=O) groups is 2. The van der Waals surface area contributed by atoms with E-state index in [-0.39, 0.29) is 18.0 Å². The molecule has 0 aromatic rings. The first-order valence-corrected chi connectivity index (χ1v) is 6.83. The molecule has 120 valence electrons. The molecule has 1 fully saturated rings. The standard InChI is InChI=1S/C9H17NO2.C6H8O3/c1-5-6-12-9(11)8(2)7-10(3)4;1-2-6(7)9-4-5-3-8-5/h7H,5-6H2,1-4H3;2,5H,1,3-4H2. The van der Waals surface area contributed by atoms with Gasteiger partial charge in [0, 0.05) is 31.9 Å². The summed E-state index contributed by atoms with van der Waals surface area (Å²) in [5.74, 6) is -0.615. The number of epoxide rings is 1. The third-order valence-corrected chi connectivity index (χ3v) is 2.19. The molecule has 6 nitrogen and oxygen atoms in total. The zero-order valence-corrected chi connectivity index (χ0v) is 13.3. The van der Waals surface area contributed by atoms with E-state index in [1.54, 1.807) is 13.1 Å². The van der Waals surface area contributed by atoms with Gasteiger partial charge in [-0.1, -0.05) is 13.5 Å². The minimum atomic E-state index is -0.384. The lowest BCUT2D eigenvalue weighted by molar-refractivity contribution is -0.139. The van der Waals surface area contributed by atoms with Crippen molar-refractivity contribution in [3.05, 3.63) is 24.4 Å². The maximum absolute atomic E-state index is 11.1. The van der Waals surface area contributed by atoms with E-state index in [0.29, 0.717) is 25.4 Å². The van der Waals surface area contributed by atoms with Gasteiger partial charge in [-0.15, -0.1) is 0 Å². The molecule has 1 saturated heterocycles. The Labute approximate surface area is 126 Å². The van der Waals surface area contributed by atoms with Crippen LogP contribution in [0.3, 0.4) is 0 Å². The monoisotopic (exact) mass is 299 g/mol. The van der Waals surface area contributed by atoms with Crippen molar-refractivity contribution in [2.24, 2.45) is 0 Å². The number of carbonyl (C=O) groups excluding carboxylic acids is 2. The van der Waals surface area contributed by atoms with E-state index in [1.807, 2.05) is 25.9 Å². The van der Waals surface area contributed by atoms with E-state index < -0.39 is 0 Å². The van der Waals surface area contributed by atoms with Crippen LogP contribution in [0.15, 0.2) is 24.4 Å². The third-order valence-electron chi connectivity index (χ3n) is 2.19. The second-order valence-corrected chi connectivity index (χ2v) is 4.70. The zero-order valence-electron chi connectivity index (χ0n) is 13.3. The van der Waals surface area contributed by atoms with E-state index in [2.05, 4.69) is 11.3 Å². The summed E-state index contributed by atoms with van der Waals surface area (Å²) >= 11 is 0. The SMILES string of the molecule is C=CC(=O)OCC1CO1.CCCOC(=O)C(C)=CN(C)C. The molecule has 21 heavy (non-hydrogen) atoms. The molecule has 0 aliphatic carbocycles. The van der Waals surface area contributed by atoms with Gasteiger partial charge >= 0.3 is 11.9 Å². The summed E-state index contributed by atoms with van der Waals surface area (Å²) in [5.41, 5.74) is 0.633. The highest BCUT2D eigenvalue weighted by Gasteiger charge is 2.23. The number of hydrogen-bond donors (Lipinski definition) is 0.